The summed E-state index contributed by atoms with van der Waals surface area (Å²) in [4.78, 5) is 1.15. The second-order valence-corrected chi connectivity index (χ2v) is 9.53. The van der Waals surface area contributed by atoms with Crippen LogP contribution in [0.3, 0.4) is 0 Å². The molecule has 41 heavy (non-hydrogen) atoms. The predicted molar refractivity (Wildman–Crippen MR) is 129 cm³/mol. The van der Waals surface area contributed by atoms with E-state index in [4.69, 9.17) is 19.3 Å². The average molecular weight is 635 g/mol. The Kier molecular flexibility index (Phi) is 18.4. The van der Waals surface area contributed by atoms with Gasteiger partial charge in [-0.05, 0) is 17.9 Å². The van der Waals surface area contributed by atoms with Crippen LogP contribution in [0.25, 0.3) is 0 Å². The number of alkyl halides is 6. The summed E-state index contributed by atoms with van der Waals surface area (Å²) >= 11 is 1.60. The predicted octanol–water partition coefficient (Wildman–Crippen LogP) is 1.61. The van der Waals surface area contributed by atoms with Crippen LogP contribution < -0.4 is 0 Å². The molecule has 0 amide bonds. The van der Waals surface area contributed by atoms with Crippen molar-refractivity contribution < 1.29 is 79.9 Å². The minimum atomic E-state index is -5.44. The van der Waals surface area contributed by atoms with E-state index >= 15 is 0 Å². The largest absolute Gasteiger partial charge is 0.495 e. The fourth-order valence-electron chi connectivity index (χ4n) is 2.79. The molecule has 18 heteroatoms. The fourth-order valence-corrected chi connectivity index (χ4v) is 3.48. The Morgan fingerprint density at radius 1 is 0.683 bits per heavy atom. The highest BCUT2D eigenvalue weighted by molar-refractivity contribution is 7.09. The molecule has 0 saturated carbocycles. The Bertz CT molecular complexity index is 779. The van der Waals surface area contributed by atoms with E-state index in [2.05, 4.69) is 18.9 Å². The number of thiophene rings is 1. The number of aliphatic hydroxyl groups is 4. The molecule has 0 aromatic carbocycles. The standard InChI is InChI=1S/C23H36F6O11S/c24-21(25,39-23(28,29)40-22(26,27)16-38-10-17(31)3-5-30)15-36-8-7-35-12-19(33)14-37-13-18(32)11-34-6-4-20-2-1-9-41-20/h1-2,9,17-19,30-33H,3-8,10-16H2. The summed E-state index contributed by atoms with van der Waals surface area (Å²) in [6.07, 6.45) is -17.8. The molecule has 0 bridgehead atoms. The third kappa shape index (κ3) is 20.4. The monoisotopic (exact) mass is 634 g/mol. The maximum absolute atomic E-state index is 13.6. The SMILES string of the molecule is OCCC(O)COCC(F)(F)OC(F)(F)OC(F)(F)COCCOCC(O)COCC(O)COCCc1cccs1. The van der Waals surface area contributed by atoms with E-state index in [0.717, 1.165) is 4.88 Å². The summed E-state index contributed by atoms with van der Waals surface area (Å²) in [5.41, 5.74) is 0. The molecule has 1 rings (SSSR count). The van der Waals surface area contributed by atoms with Gasteiger partial charge in [-0.25, -0.2) is 9.47 Å². The Hall–Kier alpha value is -1.16. The van der Waals surface area contributed by atoms with Gasteiger partial charge in [0.2, 0.25) is 0 Å². The van der Waals surface area contributed by atoms with Gasteiger partial charge >= 0.3 is 18.5 Å². The number of hydrogen-bond acceptors (Lipinski definition) is 12. The van der Waals surface area contributed by atoms with Crippen molar-refractivity contribution in [2.24, 2.45) is 0 Å². The highest BCUT2D eigenvalue weighted by atomic mass is 32.1. The van der Waals surface area contributed by atoms with E-state index in [1.54, 1.807) is 11.3 Å². The molecular weight excluding hydrogens is 598 g/mol. The second kappa shape index (κ2) is 19.9. The normalized spacial score (nSPS) is 15.3. The molecule has 4 N–H and O–H groups in total. The van der Waals surface area contributed by atoms with Gasteiger partial charge in [-0.3, -0.25) is 0 Å². The van der Waals surface area contributed by atoms with E-state index in [-0.39, 0.29) is 39.5 Å². The second-order valence-electron chi connectivity index (χ2n) is 8.50. The molecular formula is C23H36F6O11S. The van der Waals surface area contributed by atoms with Crippen molar-refractivity contribution in [3.8, 4) is 0 Å². The summed E-state index contributed by atoms with van der Waals surface area (Å²) in [6.45, 7) is -5.88. The van der Waals surface area contributed by atoms with Crippen molar-refractivity contribution in [1.82, 2.24) is 0 Å². The molecule has 3 unspecified atom stereocenters. The van der Waals surface area contributed by atoms with Gasteiger partial charge in [0.05, 0.1) is 59.0 Å². The molecule has 3 atom stereocenters. The van der Waals surface area contributed by atoms with Crippen molar-refractivity contribution in [1.29, 1.82) is 0 Å². The molecule has 11 nitrogen and oxygen atoms in total. The smallest absolute Gasteiger partial charge is 0.396 e. The molecule has 0 aliphatic carbocycles. The van der Waals surface area contributed by atoms with Gasteiger partial charge in [0.25, 0.3) is 0 Å². The lowest BCUT2D eigenvalue weighted by atomic mass is 10.3. The van der Waals surface area contributed by atoms with Crippen LogP contribution in [0.1, 0.15) is 11.3 Å². The zero-order valence-corrected chi connectivity index (χ0v) is 22.8. The van der Waals surface area contributed by atoms with Crippen molar-refractivity contribution >= 4 is 11.3 Å². The number of halogens is 6. The summed E-state index contributed by atoms with van der Waals surface area (Å²) in [7, 11) is 0. The Balaban J connectivity index is 2.11. The van der Waals surface area contributed by atoms with Crippen LogP contribution in [-0.4, -0.2) is 130 Å². The number of hydrogen-bond donors (Lipinski definition) is 4. The lowest BCUT2D eigenvalue weighted by Crippen LogP contribution is -2.44. The van der Waals surface area contributed by atoms with Gasteiger partial charge in [-0.2, -0.15) is 17.6 Å². The van der Waals surface area contributed by atoms with E-state index in [0.29, 0.717) is 13.0 Å². The summed E-state index contributed by atoms with van der Waals surface area (Å²) in [5, 5.41) is 39.3. The van der Waals surface area contributed by atoms with Gasteiger partial charge in [-0.1, -0.05) is 6.07 Å². The maximum atomic E-state index is 13.6. The molecule has 1 aromatic rings. The van der Waals surface area contributed by atoms with Gasteiger partial charge in [-0.15, -0.1) is 20.1 Å². The van der Waals surface area contributed by atoms with Crippen LogP contribution in [0, 0.1) is 0 Å². The first-order chi connectivity index (χ1) is 19.2. The Labute approximate surface area is 236 Å². The summed E-state index contributed by atoms with van der Waals surface area (Å²) in [5.74, 6) is 0. The van der Waals surface area contributed by atoms with Crippen molar-refractivity contribution in [2.75, 3.05) is 72.7 Å². The molecule has 0 aliphatic heterocycles. The number of aliphatic hydroxyl groups excluding tert-OH is 4. The van der Waals surface area contributed by atoms with Crippen LogP contribution in [0.2, 0.25) is 0 Å². The van der Waals surface area contributed by atoms with Gasteiger partial charge in [0.15, 0.2) is 0 Å². The third-order valence-electron chi connectivity index (χ3n) is 4.53. The van der Waals surface area contributed by atoms with E-state index in [1.165, 1.54) is 0 Å². The highest BCUT2D eigenvalue weighted by Gasteiger charge is 2.52. The van der Waals surface area contributed by atoms with Crippen LogP contribution in [0.15, 0.2) is 17.5 Å². The minimum Gasteiger partial charge on any atom is -0.396 e. The minimum absolute atomic E-state index is 0.0374. The molecule has 0 fully saturated rings. The van der Waals surface area contributed by atoms with Gasteiger partial charge in [0.1, 0.15) is 25.4 Å². The maximum Gasteiger partial charge on any atom is 0.495 e. The zero-order valence-electron chi connectivity index (χ0n) is 22.0. The Morgan fingerprint density at radius 2 is 1.20 bits per heavy atom. The molecule has 1 heterocycles. The first-order valence-corrected chi connectivity index (χ1v) is 13.2. The zero-order chi connectivity index (χ0) is 30.8. The van der Waals surface area contributed by atoms with E-state index < -0.39 is 69.9 Å². The highest BCUT2D eigenvalue weighted by Crippen LogP contribution is 2.33. The topological polar surface area (TPSA) is 146 Å². The molecule has 0 saturated heterocycles. The first kappa shape index (κ1) is 37.9. The molecule has 242 valence electrons. The Morgan fingerprint density at radius 3 is 1.76 bits per heavy atom. The number of rotatable bonds is 26. The van der Waals surface area contributed by atoms with E-state index in [1.807, 2.05) is 17.5 Å². The van der Waals surface area contributed by atoms with Crippen LogP contribution in [0.4, 0.5) is 26.3 Å². The molecule has 0 aliphatic rings. The third-order valence-corrected chi connectivity index (χ3v) is 5.47. The molecule has 0 radical (unpaired) electrons. The van der Waals surface area contributed by atoms with Gasteiger partial charge in [0, 0.05) is 17.9 Å². The van der Waals surface area contributed by atoms with Crippen molar-refractivity contribution in [3.05, 3.63) is 22.4 Å². The van der Waals surface area contributed by atoms with Crippen LogP contribution in [-0.2, 0) is 39.6 Å². The van der Waals surface area contributed by atoms with Crippen molar-refractivity contribution in [2.45, 2.75) is 49.7 Å². The summed E-state index contributed by atoms with van der Waals surface area (Å²) < 4.78 is 111. The quantitative estimate of drug-likeness (QED) is 0.0670. The summed E-state index contributed by atoms with van der Waals surface area (Å²) in [6, 6.07) is 3.89. The molecule has 1 aromatic heterocycles. The average Bonchev–Trinajstić information content (AvgIpc) is 3.36. The van der Waals surface area contributed by atoms with Gasteiger partial charge < -0.3 is 44.1 Å². The van der Waals surface area contributed by atoms with Crippen molar-refractivity contribution in [3.63, 3.8) is 0 Å². The van der Waals surface area contributed by atoms with Crippen LogP contribution in [0.5, 0.6) is 0 Å². The van der Waals surface area contributed by atoms with E-state index in [9.17, 15) is 41.7 Å². The first-order valence-electron chi connectivity index (χ1n) is 12.3. The fraction of sp³-hybridized carbons (Fsp3) is 0.826. The number of ether oxygens (including phenoxy) is 7. The van der Waals surface area contributed by atoms with Crippen LogP contribution >= 0.6 is 11.3 Å². The lowest BCUT2D eigenvalue weighted by molar-refractivity contribution is -0.518. The molecule has 0 spiro atoms. The lowest BCUT2D eigenvalue weighted by Gasteiger charge is -2.26.